The van der Waals surface area contributed by atoms with E-state index in [1.54, 1.807) is 0 Å². The largest absolute Gasteiger partial charge is 0.376 e. The molecular weight excluding hydrogens is 174 g/mol. The van der Waals surface area contributed by atoms with Gasteiger partial charge in [0.2, 0.25) is 0 Å². The van der Waals surface area contributed by atoms with Crippen molar-refractivity contribution in [2.24, 2.45) is 5.41 Å². The second-order valence-corrected chi connectivity index (χ2v) is 5.49. The first kappa shape index (κ1) is 12.0. The van der Waals surface area contributed by atoms with E-state index in [1.165, 1.54) is 25.8 Å². The lowest BCUT2D eigenvalue weighted by molar-refractivity contribution is -0.0107. The summed E-state index contributed by atoms with van der Waals surface area (Å²) in [5, 5.41) is 3.44. The van der Waals surface area contributed by atoms with Crippen molar-refractivity contribution in [3.8, 4) is 0 Å². The second-order valence-electron chi connectivity index (χ2n) is 5.49. The third-order valence-corrected chi connectivity index (χ3v) is 2.87. The van der Waals surface area contributed by atoms with Gasteiger partial charge in [-0.15, -0.1) is 0 Å². The molecule has 0 radical (unpaired) electrons. The molecule has 1 fully saturated rings. The van der Waals surface area contributed by atoms with Crippen molar-refractivity contribution in [2.45, 2.75) is 52.6 Å². The Balaban J connectivity index is 2.11. The van der Waals surface area contributed by atoms with Crippen molar-refractivity contribution in [3.05, 3.63) is 0 Å². The van der Waals surface area contributed by atoms with E-state index in [0.29, 0.717) is 5.41 Å². The van der Waals surface area contributed by atoms with Gasteiger partial charge < -0.3 is 10.1 Å². The molecule has 0 aliphatic heterocycles. The average molecular weight is 199 g/mol. The summed E-state index contributed by atoms with van der Waals surface area (Å²) in [6.07, 6.45) is 3.98. The van der Waals surface area contributed by atoms with E-state index in [0.717, 1.165) is 13.2 Å². The molecule has 0 aromatic heterocycles. The molecule has 0 spiro atoms. The Morgan fingerprint density at radius 3 is 2.36 bits per heavy atom. The lowest BCUT2D eigenvalue weighted by Crippen LogP contribution is -2.27. The van der Waals surface area contributed by atoms with Crippen LogP contribution in [0.5, 0.6) is 0 Å². The van der Waals surface area contributed by atoms with Crippen molar-refractivity contribution in [2.75, 3.05) is 19.7 Å². The van der Waals surface area contributed by atoms with E-state index in [9.17, 15) is 0 Å². The number of hydrogen-bond acceptors (Lipinski definition) is 2. The van der Waals surface area contributed by atoms with Crippen molar-refractivity contribution < 1.29 is 4.74 Å². The van der Waals surface area contributed by atoms with Gasteiger partial charge >= 0.3 is 0 Å². The molecule has 2 nitrogen and oxygen atoms in total. The zero-order chi connectivity index (χ0) is 10.7. The Labute approximate surface area is 88.4 Å². The van der Waals surface area contributed by atoms with E-state index in [2.05, 4.69) is 33.0 Å². The molecule has 0 unspecified atom stereocenters. The van der Waals surface area contributed by atoms with Gasteiger partial charge in [0.15, 0.2) is 0 Å². The molecule has 0 aromatic carbocycles. The third kappa shape index (κ3) is 4.43. The summed E-state index contributed by atoms with van der Waals surface area (Å²) in [4.78, 5) is 0. The molecule has 1 aliphatic rings. The standard InChI is InChI=1S/C12H25NO/c1-5-13-10-12(6-7-12)8-9-14-11(2,3)4/h13H,5-10H2,1-4H3. The molecule has 0 aromatic rings. The van der Waals surface area contributed by atoms with Crippen molar-refractivity contribution >= 4 is 0 Å². The van der Waals surface area contributed by atoms with Crippen LogP contribution in [0.15, 0.2) is 0 Å². The van der Waals surface area contributed by atoms with Gasteiger partial charge in [-0.1, -0.05) is 6.92 Å². The Kier molecular flexibility index (Phi) is 3.96. The number of nitrogens with one attached hydrogen (secondary N) is 1. The highest BCUT2D eigenvalue weighted by Gasteiger charge is 2.41. The number of rotatable bonds is 6. The maximum atomic E-state index is 5.76. The molecule has 0 amide bonds. The molecule has 1 rings (SSSR count). The van der Waals surface area contributed by atoms with Gasteiger partial charge in [0.05, 0.1) is 5.60 Å². The summed E-state index contributed by atoms with van der Waals surface area (Å²) in [6, 6.07) is 0. The minimum atomic E-state index is 0.0221. The normalized spacial score (nSPS) is 19.7. The van der Waals surface area contributed by atoms with Gasteiger partial charge in [-0.25, -0.2) is 0 Å². The third-order valence-electron chi connectivity index (χ3n) is 2.87. The summed E-state index contributed by atoms with van der Waals surface area (Å²) in [5.41, 5.74) is 0.607. The zero-order valence-corrected chi connectivity index (χ0v) is 10.2. The molecule has 1 N–H and O–H groups in total. The monoisotopic (exact) mass is 199 g/mol. The fourth-order valence-electron chi connectivity index (χ4n) is 1.66. The molecule has 1 aliphatic carbocycles. The Hall–Kier alpha value is -0.0800. The van der Waals surface area contributed by atoms with Gasteiger partial charge in [-0.05, 0) is 52.0 Å². The van der Waals surface area contributed by atoms with Gasteiger partial charge in [0.1, 0.15) is 0 Å². The molecule has 0 saturated heterocycles. The minimum Gasteiger partial charge on any atom is -0.376 e. The quantitative estimate of drug-likeness (QED) is 0.710. The highest BCUT2D eigenvalue weighted by molar-refractivity contribution is 4.94. The molecule has 2 heteroatoms. The predicted octanol–water partition coefficient (Wildman–Crippen LogP) is 2.58. The summed E-state index contributed by atoms with van der Waals surface area (Å²) < 4.78 is 5.76. The number of ether oxygens (including phenoxy) is 1. The van der Waals surface area contributed by atoms with Crippen molar-refractivity contribution in [1.82, 2.24) is 5.32 Å². The molecule has 84 valence electrons. The smallest absolute Gasteiger partial charge is 0.0598 e. The van der Waals surface area contributed by atoms with E-state index < -0.39 is 0 Å². The maximum Gasteiger partial charge on any atom is 0.0598 e. The predicted molar refractivity (Wildman–Crippen MR) is 60.5 cm³/mol. The number of hydrogen-bond donors (Lipinski definition) is 1. The maximum absolute atomic E-state index is 5.76. The first-order valence-corrected chi connectivity index (χ1v) is 5.82. The SMILES string of the molecule is CCNCC1(CCOC(C)(C)C)CC1. The van der Waals surface area contributed by atoms with Crippen LogP contribution in [0.2, 0.25) is 0 Å². The van der Waals surface area contributed by atoms with E-state index in [4.69, 9.17) is 4.74 Å². The topological polar surface area (TPSA) is 21.3 Å². The molecule has 0 heterocycles. The Morgan fingerprint density at radius 1 is 1.29 bits per heavy atom. The van der Waals surface area contributed by atoms with E-state index in [-0.39, 0.29) is 5.60 Å². The van der Waals surface area contributed by atoms with Crippen LogP contribution in [0.3, 0.4) is 0 Å². The summed E-state index contributed by atoms with van der Waals surface area (Å²) >= 11 is 0. The van der Waals surface area contributed by atoms with Crippen LogP contribution in [-0.4, -0.2) is 25.3 Å². The molecular formula is C12H25NO. The molecule has 1 saturated carbocycles. The van der Waals surface area contributed by atoms with E-state index in [1.807, 2.05) is 0 Å². The highest BCUT2D eigenvalue weighted by Crippen LogP contribution is 2.48. The van der Waals surface area contributed by atoms with Gasteiger partial charge in [-0.2, -0.15) is 0 Å². The Bertz CT molecular complexity index is 168. The van der Waals surface area contributed by atoms with Crippen molar-refractivity contribution in [1.29, 1.82) is 0 Å². The van der Waals surface area contributed by atoms with Gasteiger partial charge in [0.25, 0.3) is 0 Å². The van der Waals surface area contributed by atoms with E-state index >= 15 is 0 Å². The Morgan fingerprint density at radius 2 is 1.93 bits per heavy atom. The molecule has 0 atom stereocenters. The van der Waals surface area contributed by atoms with Crippen LogP contribution in [0.1, 0.15) is 47.0 Å². The van der Waals surface area contributed by atoms with Crippen LogP contribution in [0, 0.1) is 5.41 Å². The van der Waals surface area contributed by atoms with Crippen molar-refractivity contribution in [3.63, 3.8) is 0 Å². The second kappa shape index (κ2) is 4.63. The summed E-state index contributed by atoms with van der Waals surface area (Å²) in [5.74, 6) is 0. The lowest BCUT2D eigenvalue weighted by atomic mass is 10.0. The average Bonchev–Trinajstić information content (AvgIpc) is 2.80. The van der Waals surface area contributed by atoms with Crippen LogP contribution < -0.4 is 5.32 Å². The highest BCUT2D eigenvalue weighted by atomic mass is 16.5. The molecule has 0 bridgehead atoms. The fourth-order valence-corrected chi connectivity index (χ4v) is 1.66. The van der Waals surface area contributed by atoms with Gasteiger partial charge in [0, 0.05) is 13.2 Å². The minimum absolute atomic E-state index is 0.0221. The fraction of sp³-hybridized carbons (Fsp3) is 1.00. The first-order valence-electron chi connectivity index (χ1n) is 5.82. The first-order chi connectivity index (χ1) is 6.47. The van der Waals surface area contributed by atoms with Gasteiger partial charge in [-0.3, -0.25) is 0 Å². The summed E-state index contributed by atoms with van der Waals surface area (Å²) in [6.45, 7) is 11.7. The van der Waals surface area contributed by atoms with Crippen LogP contribution in [0.4, 0.5) is 0 Å². The lowest BCUT2D eigenvalue weighted by Gasteiger charge is -2.22. The van der Waals surface area contributed by atoms with Crippen LogP contribution in [0.25, 0.3) is 0 Å². The van der Waals surface area contributed by atoms with Crippen LogP contribution in [-0.2, 0) is 4.74 Å². The molecule has 14 heavy (non-hydrogen) atoms. The summed E-state index contributed by atoms with van der Waals surface area (Å²) in [7, 11) is 0. The zero-order valence-electron chi connectivity index (χ0n) is 10.2. The van der Waals surface area contributed by atoms with Crippen LogP contribution >= 0.6 is 0 Å².